The summed E-state index contributed by atoms with van der Waals surface area (Å²) in [5.41, 5.74) is 0. The van der Waals surface area contributed by atoms with Crippen LogP contribution in [0.3, 0.4) is 0 Å². The predicted molar refractivity (Wildman–Crippen MR) is 120 cm³/mol. The van der Waals surface area contributed by atoms with Crippen LogP contribution >= 0.6 is 0 Å². The van der Waals surface area contributed by atoms with E-state index in [4.69, 9.17) is 0 Å². The van der Waals surface area contributed by atoms with Crippen LogP contribution in [-0.4, -0.2) is 24.4 Å². The summed E-state index contributed by atoms with van der Waals surface area (Å²) in [4.78, 5) is 21.9. The first-order valence-corrected chi connectivity index (χ1v) is 10.8. The van der Waals surface area contributed by atoms with Crippen LogP contribution < -0.4 is 10.6 Å². The van der Waals surface area contributed by atoms with Gasteiger partial charge in [0, 0.05) is 24.9 Å². The molecule has 4 heteroatoms. The van der Waals surface area contributed by atoms with E-state index in [0.29, 0.717) is 18.3 Å². The molecule has 4 nitrogen and oxygen atoms in total. The second-order valence-corrected chi connectivity index (χ2v) is 9.64. The fraction of sp³-hybridized carbons (Fsp3) is 0.913. The van der Waals surface area contributed by atoms with Gasteiger partial charge in [0.1, 0.15) is 0 Å². The lowest BCUT2D eigenvalue weighted by Gasteiger charge is -2.09. The summed E-state index contributed by atoms with van der Waals surface area (Å²) >= 11 is 0. The Labute approximate surface area is 170 Å². The summed E-state index contributed by atoms with van der Waals surface area (Å²) < 4.78 is 0. The van der Waals surface area contributed by atoms with E-state index in [1.165, 1.54) is 6.42 Å². The minimum Gasteiger partial charge on any atom is -0.356 e. The maximum absolute atomic E-state index is 11.0. The van der Waals surface area contributed by atoms with Gasteiger partial charge in [-0.2, -0.15) is 0 Å². The highest BCUT2D eigenvalue weighted by molar-refractivity contribution is 5.77. The third-order valence-corrected chi connectivity index (χ3v) is 3.20. The molecule has 0 bridgehead atoms. The summed E-state index contributed by atoms with van der Waals surface area (Å²) in [5.74, 6) is 3.17. The molecule has 0 rings (SSSR count). The average molecular weight is 387 g/mol. The zero-order chi connectivity index (χ0) is 22.2. The largest absolute Gasteiger partial charge is 0.356 e. The van der Waals surface area contributed by atoms with Gasteiger partial charge in [-0.3, -0.25) is 9.59 Å². The molecule has 0 aliphatic heterocycles. The van der Waals surface area contributed by atoms with Gasteiger partial charge in [-0.05, 0) is 43.9 Å². The van der Waals surface area contributed by atoms with Crippen molar-refractivity contribution in [2.45, 2.75) is 102 Å². The van der Waals surface area contributed by atoms with E-state index in [2.05, 4.69) is 52.2 Å². The molecule has 0 saturated heterocycles. The van der Waals surface area contributed by atoms with E-state index in [1.54, 1.807) is 0 Å². The molecule has 0 aliphatic carbocycles. The highest BCUT2D eigenvalue weighted by atomic mass is 16.2. The monoisotopic (exact) mass is 386 g/mol. The number of hydrogen-bond donors (Lipinski definition) is 2. The molecule has 0 spiro atoms. The SMILES string of the molecule is CC(C)CC(=O)NC(C)C.CC(C)CC(C)C.CC(C)CNC(=O)C(C)C. The topological polar surface area (TPSA) is 58.2 Å². The minimum absolute atomic E-state index is 0.110. The van der Waals surface area contributed by atoms with Crippen molar-refractivity contribution in [3.8, 4) is 0 Å². The molecule has 0 radical (unpaired) electrons. The third kappa shape index (κ3) is 33.0. The van der Waals surface area contributed by atoms with Gasteiger partial charge in [0.25, 0.3) is 0 Å². The second-order valence-electron chi connectivity index (χ2n) is 9.64. The third-order valence-electron chi connectivity index (χ3n) is 3.20. The Hall–Kier alpha value is -1.06. The Balaban J connectivity index is -0.000000326. The highest BCUT2D eigenvalue weighted by Gasteiger charge is 2.05. The van der Waals surface area contributed by atoms with Crippen LogP contribution in [0.15, 0.2) is 0 Å². The van der Waals surface area contributed by atoms with Crippen molar-refractivity contribution in [1.82, 2.24) is 10.6 Å². The fourth-order valence-electron chi connectivity index (χ4n) is 2.20. The van der Waals surface area contributed by atoms with Gasteiger partial charge in [0.05, 0.1) is 0 Å². The van der Waals surface area contributed by atoms with Crippen molar-refractivity contribution in [2.75, 3.05) is 6.54 Å². The standard InChI is InChI=1S/2C8H17NO.C7H16/c1-6(2)5-9-8(10)7(3)4;1-6(2)5-8(10)9-7(3)4;1-6(2)5-7(3)4/h2*6-7H,5H2,1-4H3,(H,9,10);6-7H,5H2,1-4H3. The quantitative estimate of drug-likeness (QED) is 0.565. The molecule has 0 aromatic heterocycles. The zero-order valence-electron chi connectivity index (χ0n) is 20.4. The lowest BCUT2D eigenvalue weighted by Crippen LogP contribution is -2.30. The van der Waals surface area contributed by atoms with Crippen molar-refractivity contribution in [1.29, 1.82) is 0 Å². The Kier molecular flexibility index (Phi) is 20.8. The van der Waals surface area contributed by atoms with Crippen LogP contribution in [0.4, 0.5) is 0 Å². The van der Waals surface area contributed by atoms with E-state index in [0.717, 1.165) is 18.4 Å². The first-order valence-electron chi connectivity index (χ1n) is 10.8. The van der Waals surface area contributed by atoms with Crippen LogP contribution in [0, 0.1) is 29.6 Å². The highest BCUT2D eigenvalue weighted by Crippen LogP contribution is 2.08. The van der Waals surface area contributed by atoms with Gasteiger partial charge >= 0.3 is 0 Å². The molecule has 0 saturated carbocycles. The van der Waals surface area contributed by atoms with Crippen LogP contribution in [0.5, 0.6) is 0 Å². The Bertz CT molecular complexity index is 341. The van der Waals surface area contributed by atoms with Crippen LogP contribution in [-0.2, 0) is 9.59 Å². The van der Waals surface area contributed by atoms with E-state index in [1.807, 2.05) is 41.5 Å². The van der Waals surface area contributed by atoms with Crippen LogP contribution in [0.2, 0.25) is 0 Å². The van der Waals surface area contributed by atoms with Crippen molar-refractivity contribution in [2.24, 2.45) is 29.6 Å². The van der Waals surface area contributed by atoms with Crippen molar-refractivity contribution >= 4 is 11.8 Å². The Morgan fingerprint density at radius 1 is 0.667 bits per heavy atom. The van der Waals surface area contributed by atoms with Crippen molar-refractivity contribution in [3.05, 3.63) is 0 Å². The molecule has 0 aromatic rings. The summed E-state index contributed by atoms with van der Waals surface area (Å²) in [6.07, 6.45) is 2.00. The first kappa shape index (κ1) is 30.7. The molecule has 0 unspecified atom stereocenters. The number of hydrogen-bond acceptors (Lipinski definition) is 2. The predicted octanol–water partition coefficient (Wildman–Crippen LogP) is 5.66. The van der Waals surface area contributed by atoms with Gasteiger partial charge in [-0.15, -0.1) is 0 Å². The summed E-state index contributed by atoms with van der Waals surface area (Å²) in [5, 5.41) is 5.68. The lowest BCUT2D eigenvalue weighted by atomic mass is 10.0. The average Bonchev–Trinajstić information content (AvgIpc) is 2.42. The number of carbonyl (C=O) groups excluding carboxylic acids is 2. The number of rotatable bonds is 8. The molecule has 2 amide bonds. The van der Waals surface area contributed by atoms with Crippen molar-refractivity contribution in [3.63, 3.8) is 0 Å². The van der Waals surface area contributed by atoms with E-state index in [-0.39, 0.29) is 23.8 Å². The molecular weight excluding hydrogens is 336 g/mol. The fourth-order valence-corrected chi connectivity index (χ4v) is 2.20. The van der Waals surface area contributed by atoms with E-state index >= 15 is 0 Å². The molecule has 0 aliphatic rings. The summed E-state index contributed by atoms with van der Waals surface area (Å²) in [7, 11) is 0. The van der Waals surface area contributed by atoms with Gasteiger partial charge in [0.15, 0.2) is 0 Å². The van der Waals surface area contributed by atoms with Gasteiger partial charge in [-0.25, -0.2) is 0 Å². The smallest absolute Gasteiger partial charge is 0.222 e. The summed E-state index contributed by atoms with van der Waals surface area (Å²) in [6.45, 7) is 25.8. The zero-order valence-corrected chi connectivity index (χ0v) is 20.4. The molecule has 2 N–H and O–H groups in total. The second kappa shape index (κ2) is 18.3. The molecule has 0 atom stereocenters. The van der Waals surface area contributed by atoms with Crippen LogP contribution in [0.1, 0.15) is 95.9 Å². The molecule has 27 heavy (non-hydrogen) atoms. The van der Waals surface area contributed by atoms with Crippen LogP contribution in [0.25, 0.3) is 0 Å². The van der Waals surface area contributed by atoms with Gasteiger partial charge in [0.2, 0.25) is 11.8 Å². The maximum Gasteiger partial charge on any atom is 0.222 e. The maximum atomic E-state index is 11.0. The number of nitrogens with one attached hydrogen (secondary N) is 2. The summed E-state index contributed by atoms with van der Waals surface area (Å²) in [6, 6.07) is 0.270. The van der Waals surface area contributed by atoms with E-state index in [9.17, 15) is 9.59 Å². The van der Waals surface area contributed by atoms with E-state index < -0.39 is 0 Å². The van der Waals surface area contributed by atoms with Gasteiger partial charge in [-0.1, -0.05) is 69.2 Å². The molecule has 164 valence electrons. The van der Waals surface area contributed by atoms with Gasteiger partial charge < -0.3 is 10.6 Å². The Morgan fingerprint density at radius 3 is 1.33 bits per heavy atom. The molecule has 0 heterocycles. The molecule has 0 fully saturated rings. The number of amides is 2. The lowest BCUT2D eigenvalue weighted by molar-refractivity contribution is -0.124. The molecular formula is C23H50N2O2. The Morgan fingerprint density at radius 2 is 1.11 bits per heavy atom. The first-order chi connectivity index (χ1) is 12.2. The van der Waals surface area contributed by atoms with Crippen molar-refractivity contribution < 1.29 is 9.59 Å². The minimum atomic E-state index is 0.110. The number of carbonyl (C=O) groups is 2. The normalized spacial score (nSPS) is 10.7. The molecule has 0 aromatic carbocycles.